The Kier molecular flexibility index (Phi) is 6.46. The summed E-state index contributed by atoms with van der Waals surface area (Å²) in [6.45, 7) is 8.71. The fourth-order valence-corrected chi connectivity index (χ4v) is 1.66. The quantitative estimate of drug-likeness (QED) is 0.729. The molecule has 0 radical (unpaired) electrons. The first-order chi connectivity index (χ1) is 6.54. The standard InChI is InChI=1S/C7H14O.C5H10O.CH4/c1-6(2)7(3)4-8-5-7;6-5-3-1-2-4-5;/h6H,4-5H2,1-3H3;5-6H,1-4H2;1H4. The number of aliphatic hydroxyl groups excluding tert-OH is 1. The van der Waals surface area contributed by atoms with Crippen LogP contribution in [-0.2, 0) is 4.74 Å². The van der Waals surface area contributed by atoms with Gasteiger partial charge in [0, 0.05) is 5.41 Å². The Hall–Kier alpha value is -0.0800. The molecule has 1 saturated heterocycles. The molecule has 0 aromatic heterocycles. The molecule has 0 bridgehead atoms. The maximum atomic E-state index is 8.73. The van der Waals surface area contributed by atoms with E-state index in [2.05, 4.69) is 20.8 Å². The summed E-state index contributed by atoms with van der Waals surface area (Å²) in [4.78, 5) is 0. The molecule has 0 spiro atoms. The summed E-state index contributed by atoms with van der Waals surface area (Å²) in [7, 11) is 0. The highest BCUT2D eigenvalue weighted by Gasteiger charge is 2.35. The van der Waals surface area contributed by atoms with Gasteiger partial charge in [-0.15, -0.1) is 0 Å². The highest BCUT2D eigenvalue weighted by atomic mass is 16.5. The van der Waals surface area contributed by atoms with Gasteiger partial charge in [0.25, 0.3) is 0 Å². The van der Waals surface area contributed by atoms with Crippen LogP contribution in [0, 0.1) is 11.3 Å². The minimum absolute atomic E-state index is 0. The van der Waals surface area contributed by atoms with Gasteiger partial charge in [-0.3, -0.25) is 0 Å². The van der Waals surface area contributed by atoms with E-state index in [9.17, 15) is 0 Å². The first-order valence-electron chi connectivity index (χ1n) is 5.80. The number of hydrogen-bond acceptors (Lipinski definition) is 2. The Morgan fingerprint density at radius 2 is 1.67 bits per heavy atom. The molecular weight excluding hydrogens is 188 g/mol. The molecule has 0 aromatic carbocycles. The van der Waals surface area contributed by atoms with Gasteiger partial charge < -0.3 is 9.84 Å². The van der Waals surface area contributed by atoms with Crippen LogP contribution in [0.1, 0.15) is 53.9 Å². The smallest absolute Gasteiger partial charge is 0.0544 e. The Morgan fingerprint density at radius 1 is 1.20 bits per heavy atom. The van der Waals surface area contributed by atoms with Crippen LogP contribution in [-0.4, -0.2) is 24.4 Å². The lowest BCUT2D eigenvalue weighted by Crippen LogP contribution is -2.43. The zero-order chi connectivity index (χ0) is 10.6. The van der Waals surface area contributed by atoms with E-state index in [1.54, 1.807) is 0 Å². The van der Waals surface area contributed by atoms with Gasteiger partial charge in [-0.25, -0.2) is 0 Å². The van der Waals surface area contributed by atoms with E-state index in [4.69, 9.17) is 9.84 Å². The van der Waals surface area contributed by atoms with Crippen LogP contribution in [0.5, 0.6) is 0 Å². The van der Waals surface area contributed by atoms with Crippen molar-refractivity contribution in [1.82, 2.24) is 0 Å². The molecule has 0 unspecified atom stereocenters. The Balaban J connectivity index is 0.000000253. The average molecular weight is 216 g/mol. The third-order valence-corrected chi connectivity index (χ3v) is 3.58. The first kappa shape index (κ1) is 14.9. The lowest BCUT2D eigenvalue weighted by atomic mass is 9.78. The van der Waals surface area contributed by atoms with Crippen LogP contribution in [0.25, 0.3) is 0 Å². The second-order valence-corrected chi connectivity index (χ2v) is 5.24. The van der Waals surface area contributed by atoms with Crippen molar-refractivity contribution in [1.29, 1.82) is 0 Å². The van der Waals surface area contributed by atoms with Crippen LogP contribution in [0.4, 0.5) is 0 Å². The second-order valence-electron chi connectivity index (χ2n) is 5.24. The summed E-state index contributed by atoms with van der Waals surface area (Å²) < 4.78 is 5.10. The number of rotatable bonds is 1. The normalized spacial score (nSPS) is 23.8. The van der Waals surface area contributed by atoms with Gasteiger partial charge in [0.05, 0.1) is 19.3 Å². The maximum absolute atomic E-state index is 8.73. The largest absolute Gasteiger partial charge is 0.393 e. The van der Waals surface area contributed by atoms with Crippen molar-refractivity contribution in [3.05, 3.63) is 0 Å². The highest BCUT2D eigenvalue weighted by Crippen LogP contribution is 2.34. The summed E-state index contributed by atoms with van der Waals surface area (Å²) in [5.41, 5.74) is 0.500. The van der Waals surface area contributed by atoms with Crippen molar-refractivity contribution in [2.75, 3.05) is 13.2 Å². The van der Waals surface area contributed by atoms with E-state index in [1.165, 1.54) is 12.8 Å². The SMILES string of the molecule is C.CC(C)C1(C)COC1.OC1CCCC1. The van der Waals surface area contributed by atoms with Crippen LogP contribution in [0.15, 0.2) is 0 Å². The number of ether oxygens (including phenoxy) is 1. The van der Waals surface area contributed by atoms with E-state index in [1.807, 2.05) is 0 Å². The van der Waals surface area contributed by atoms with E-state index in [0.717, 1.165) is 32.0 Å². The summed E-state index contributed by atoms with van der Waals surface area (Å²) in [6.07, 6.45) is 4.60. The first-order valence-corrected chi connectivity index (χ1v) is 5.80. The minimum Gasteiger partial charge on any atom is -0.393 e. The van der Waals surface area contributed by atoms with Gasteiger partial charge in [0.15, 0.2) is 0 Å². The molecule has 1 N–H and O–H groups in total. The zero-order valence-corrected chi connectivity index (χ0v) is 9.75. The monoisotopic (exact) mass is 216 g/mol. The van der Waals surface area contributed by atoms with Crippen LogP contribution in [0.3, 0.4) is 0 Å². The highest BCUT2D eigenvalue weighted by molar-refractivity contribution is 4.83. The van der Waals surface area contributed by atoms with E-state index < -0.39 is 0 Å². The summed E-state index contributed by atoms with van der Waals surface area (Å²) in [5.74, 6) is 0.774. The predicted molar refractivity (Wildman–Crippen MR) is 65.0 cm³/mol. The van der Waals surface area contributed by atoms with E-state index in [-0.39, 0.29) is 13.5 Å². The average Bonchev–Trinajstić information content (AvgIpc) is 2.52. The molecule has 1 heterocycles. The molecule has 2 heteroatoms. The lowest BCUT2D eigenvalue weighted by Gasteiger charge is -2.41. The molecule has 15 heavy (non-hydrogen) atoms. The minimum atomic E-state index is 0. The van der Waals surface area contributed by atoms with Crippen molar-refractivity contribution >= 4 is 0 Å². The van der Waals surface area contributed by atoms with Crippen molar-refractivity contribution in [2.24, 2.45) is 11.3 Å². The Labute approximate surface area is 95.0 Å². The molecule has 0 atom stereocenters. The molecule has 2 aliphatic rings. The van der Waals surface area contributed by atoms with Crippen LogP contribution < -0.4 is 0 Å². The summed E-state index contributed by atoms with van der Waals surface area (Å²) in [5, 5.41) is 8.73. The third kappa shape index (κ3) is 4.52. The predicted octanol–water partition coefficient (Wildman–Crippen LogP) is 3.24. The van der Waals surface area contributed by atoms with Gasteiger partial charge in [0.1, 0.15) is 0 Å². The third-order valence-electron chi connectivity index (χ3n) is 3.58. The molecule has 2 nitrogen and oxygen atoms in total. The number of aliphatic hydroxyl groups is 1. The number of hydrogen-bond donors (Lipinski definition) is 1. The van der Waals surface area contributed by atoms with Gasteiger partial charge >= 0.3 is 0 Å². The Bertz CT molecular complexity index is 156. The summed E-state index contributed by atoms with van der Waals surface area (Å²) >= 11 is 0. The molecule has 1 saturated carbocycles. The van der Waals surface area contributed by atoms with E-state index >= 15 is 0 Å². The van der Waals surface area contributed by atoms with Gasteiger partial charge in [-0.1, -0.05) is 41.0 Å². The van der Waals surface area contributed by atoms with Gasteiger partial charge in [-0.05, 0) is 18.8 Å². The van der Waals surface area contributed by atoms with Crippen LogP contribution >= 0.6 is 0 Å². The molecular formula is C13H28O2. The molecule has 2 fully saturated rings. The van der Waals surface area contributed by atoms with Crippen molar-refractivity contribution in [2.45, 2.75) is 60.0 Å². The van der Waals surface area contributed by atoms with Crippen molar-refractivity contribution in [3.63, 3.8) is 0 Å². The molecule has 0 amide bonds. The molecule has 1 aliphatic carbocycles. The molecule has 2 rings (SSSR count). The Morgan fingerprint density at radius 3 is 1.73 bits per heavy atom. The van der Waals surface area contributed by atoms with Crippen LogP contribution in [0.2, 0.25) is 0 Å². The van der Waals surface area contributed by atoms with Gasteiger partial charge in [-0.2, -0.15) is 0 Å². The fourth-order valence-electron chi connectivity index (χ4n) is 1.66. The second kappa shape index (κ2) is 6.49. The fraction of sp³-hybridized carbons (Fsp3) is 1.00. The van der Waals surface area contributed by atoms with E-state index in [0.29, 0.717) is 5.41 Å². The van der Waals surface area contributed by atoms with Gasteiger partial charge in [0.2, 0.25) is 0 Å². The lowest BCUT2D eigenvalue weighted by molar-refractivity contribution is -0.126. The molecule has 0 aromatic rings. The van der Waals surface area contributed by atoms with Crippen molar-refractivity contribution in [3.8, 4) is 0 Å². The molecule has 1 aliphatic heterocycles. The maximum Gasteiger partial charge on any atom is 0.0544 e. The zero-order valence-electron chi connectivity index (χ0n) is 9.75. The molecule has 92 valence electrons. The summed E-state index contributed by atoms with van der Waals surface area (Å²) in [6, 6.07) is 0. The van der Waals surface area contributed by atoms with Crippen molar-refractivity contribution < 1.29 is 9.84 Å². The topological polar surface area (TPSA) is 29.5 Å².